The molecule has 0 radical (unpaired) electrons. The lowest BCUT2D eigenvalue weighted by Gasteiger charge is -2.33. The Morgan fingerprint density at radius 2 is 1.79 bits per heavy atom. The molecule has 0 fully saturated rings. The first-order chi connectivity index (χ1) is 16.6. The molecule has 9 heteroatoms. The van der Waals surface area contributed by atoms with Crippen LogP contribution in [0.25, 0.3) is 0 Å². The summed E-state index contributed by atoms with van der Waals surface area (Å²) in [4.78, 5) is 13.4. The van der Waals surface area contributed by atoms with Gasteiger partial charge in [0, 0.05) is 10.7 Å². The average Bonchev–Trinajstić information content (AvgIpc) is 3.28. The molecule has 2 heterocycles. The Bertz CT molecular complexity index is 1300. The van der Waals surface area contributed by atoms with Crippen LogP contribution in [0.4, 0.5) is 5.69 Å². The molecular weight excluding hydrogens is 470 g/mol. The molecule has 5 rings (SSSR count). The summed E-state index contributed by atoms with van der Waals surface area (Å²) >= 11 is 7.62. The fourth-order valence-electron chi connectivity index (χ4n) is 3.71. The fourth-order valence-corrected chi connectivity index (χ4v) is 4.99. The Balaban J connectivity index is 1.42. The van der Waals surface area contributed by atoms with Crippen LogP contribution in [-0.2, 0) is 11.4 Å². The lowest BCUT2D eigenvalue weighted by Crippen LogP contribution is -2.41. The molecule has 1 aromatic heterocycles. The van der Waals surface area contributed by atoms with Crippen molar-refractivity contribution in [3.8, 4) is 5.75 Å². The van der Waals surface area contributed by atoms with E-state index in [0.29, 0.717) is 21.7 Å². The van der Waals surface area contributed by atoms with E-state index in [1.54, 1.807) is 10.7 Å². The van der Waals surface area contributed by atoms with E-state index in [2.05, 4.69) is 20.9 Å². The van der Waals surface area contributed by atoms with Crippen LogP contribution in [0.3, 0.4) is 0 Å². The van der Waals surface area contributed by atoms with Gasteiger partial charge in [-0.1, -0.05) is 78.0 Å². The number of halogens is 1. The number of carbonyl (C=O) groups is 1. The van der Waals surface area contributed by atoms with Gasteiger partial charge in [-0.2, -0.15) is 0 Å². The van der Waals surface area contributed by atoms with Gasteiger partial charge in [0.2, 0.25) is 11.1 Å². The minimum Gasteiger partial charge on any atom is -0.486 e. The van der Waals surface area contributed by atoms with Gasteiger partial charge in [-0.15, -0.1) is 10.2 Å². The van der Waals surface area contributed by atoms with Gasteiger partial charge in [0.05, 0.1) is 6.04 Å². The third-order valence-corrected chi connectivity index (χ3v) is 7.18. The molecule has 4 aromatic rings. The van der Waals surface area contributed by atoms with Gasteiger partial charge in [-0.05, 0) is 42.3 Å². The third kappa shape index (κ3) is 4.60. The van der Waals surface area contributed by atoms with Crippen molar-refractivity contribution < 1.29 is 9.53 Å². The molecule has 34 heavy (non-hydrogen) atoms. The molecule has 0 unspecified atom stereocenters. The first-order valence-corrected chi connectivity index (χ1v) is 12.0. The van der Waals surface area contributed by atoms with Gasteiger partial charge in [0.1, 0.15) is 17.6 Å². The number of aromatic nitrogens is 3. The van der Waals surface area contributed by atoms with Crippen molar-refractivity contribution in [2.45, 2.75) is 30.0 Å². The molecule has 172 valence electrons. The molecule has 7 nitrogen and oxygen atoms in total. The van der Waals surface area contributed by atoms with E-state index in [4.69, 9.17) is 16.3 Å². The van der Waals surface area contributed by atoms with Crippen LogP contribution in [-0.4, -0.2) is 26.0 Å². The Kier molecular flexibility index (Phi) is 6.42. The van der Waals surface area contributed by atoms with Crippen molar-refractivity contribution in [2.24, 2.45) is 0 Å². The summed E-state index contributed by atoms with van der Waals surface area (Å²) < 4.78 is 7.68. The van der Waals surface area contributed by atoms with E-state index >= 15 is 0 Å². The van der Waals surface area contributed by atoms with E-state index in [9.17, 15) is 4.79 Å². The largest absolute Gasteiger partial charge is 0.486 e. The second kappa shape index (κ2) is 9.79. The number of anilines is 1. The van der Waals surface area contributed by atoms with Crippen LogP contribution in [0.2, 0.25) is 5.02 Å². The summed E-state index contributed by atoms with van der Waals surface area (Å²) in [5.74, 6) is 1.22. The number of nitrogens with one attached hydrogen (secondary N) is 2. The predicted octanol–water partition coefficient (Wildman–Crippen LogP) is 5.22. The van der Waals surface area contributed by atoms with Crippen molar-refractivity contribution in [3.05, 3.63) is 101 Å². The first kappa shape index (κ1) is 22.3. The van der Waals surface area contributed by atoms with Crippen LogP contribution in [0.1, 0.15) is 23.0 Å². The van der Waals surface area contributed by atoms with Crippen LogP contribution in [0.15, 0.2) is 84.0 Å². The number of ether oxygens (including phenoxy) is 1. The number of fused-ring (bicyclic) bond motifs is 1. The SMILES string of the molecule is Cc1c(Cl)cccc1NC(=O)[C@@H]1Sc2nnc(COc3ccccc3)n2N[C@@H]1c1ccccc1. The van der Waals surface area contributed by atoms with E-state index in [0.717, 1.165) is 16.9 Å². The molecule has 0 spiro atoms. The lowest BCUT2D eigenvalue weighted by molar-refractivity contribution is -0.116. The monoisotopic (exact) mass is 491 g/mol. The number of nitrogens with zero attached hydrogens (tertiary/aromatic N) is 3. The Hall–Kier alpha value is -3.49. The fraction of sp³-hybridized carbons (Fsp3) is 0.160. The zero-order chi connectivity index (χ0) is 23.5. The molecule has 0 saturated carbocycles. The van der Waals surface area contributed by atoms with Crippen molar-refractivity contribution in [2.75, 3.05) is 10.7 Å². The Labute approximate surface area is 206 Å². The number of rotatable bonds is 6. The molecule has 3 aromatic carbocycles. The van der Waals surface area contributed by atoms with Crippen molar-refractivity contribution >= 4 is 35.0 Å². The number of benzene rings is 3. The zero-order valence-corrected chi connectivity index (χ0v) is 19.9. The molecule has 1 amide bonds. The highest BCUT2D eigenvalue weighted by atomic mass is 35.5. The Morgan fingerprint density at radius 3 is 2.56 bits per heavy atom. The van der Waals surface area contributed by atoms with E-state index < -0.39 is 5.25 Å². The van der Waals surface area contributed by atoms with Gasteiger partial charge in [-0.3, -0.25) is 4.79 Å². The van der Waals surface area contributed by atoms with Crippen molar-refractivity contribution in [1.29, 1.82) is 0 Å². The third-order valence-electron chi connectivity index (χ3n) is 5.56. The van der Waals surface area contributed by atoms with Crippen LogP contribution in [0, 0.1) is 6.92 Å². The van der Waals surface area contributed by atoms with E-state index in [1.165, 1.54) is 11.8 Å². The average molecular weight is 492 g/mol. The minimum absolute atomic E-state index is 0.145. The summed E-state index contributed by atoms with van der Waals surface area (Å²) in [7, 11) is 0. The van der Waals surface area contributed by atoms with Crippen LogP contribution in [0.5, 0.6) is 5.75 Å². The highest BCUT2D eigenvalue weighted by Crippen LogP contribution is 2.38. The number of amides is 1. The summed E-state index contributed by atoms with van der Waals surface area (Å²) in [5, 5.41) is 12.4. The van der Waals surface area contributed by atoms with Gasteiger partial charge >= 0.3 is 0 Å². The van der Waals surface area contributed by atoms with Gasteiger partial charge < -0.3 is 15.5 Å². The molecule has 0 aliphatic carbocycles. The summed E-state index contributed by atoms with van der Waals surface area (Å²) in [6.07, 6.45) is 0. The maximum absolute atomic E-state index is 13.4. The van der Waals surface area contributed by atoms with Crippen molar-refractivity contribution in [3.63, 3.8) is 0 Å². The normalized spacial score (nSPS) is 16.9. The van der Waals surface area contributed by atoms with E-state index in [1.807, 2.05) is 79.7 Å². The standard InChI is InChI=1S/C25H22ClN5O2S/c1-16-19(26)13-8-14-20(16)27-24(32)23-22(17-9-4-2-5-10-17)30-31-21(28-29-25(31)34-23)15-33-18-11-6-3-7-12-18/h2-14,22-23,30H,15H2,1H3,(H,27,32)/t22-,23-/m1/s1. The smallest absolute Gasteiger partial charge is 0.240 e. The van der Waals surface area contributed by atoms with Gasteiger partial charge in [0.25, 0.3) is 0 Å². The number of hydrogen-bond donors (Lipinski definition) is 2. The highest BCUT2D eigenvalue weighted by Gasteiger charge is 2.38. The van der Waals surface area contributed by atoms with Crippen LogP contribution < -0.4 is 15.5 Å². The van der Waals surface area contributed by atoms with Gasteiger partial charge in [0.15, 0.2) is 5.82 Å². The molecule has 2 atom stereocenters. The molecule has 0 saturated heterocycles. The predicted molar refractivity (Wildman–Crippen MR) is 134 cm³/mol. The Morgan fingerprint density at radius 1 is 1.06 bits per heavy atom. The zero-order valence-electron chi connectivity index (χ0n) is 18.3. The van der Waals surface area contributed by atoms with Gasteiger partial charge in [-0.25, -0.2) is 4.68 Å². The quantitative estimate of drug-likeness (QED) is 0.385. The molecule has 0 bridgehead atoms. The molecule has 1 aliphatic heterocycles. The highest BCUT2D eigenvalue weighted by molar-refractivity contribution is 8.00. The number of hydrogen-bond acceptors (Lipinski definition) is 6. The topological polar surface area (TPSA) is 81.1 Å². The second-order valence-electron chi connectivity index (χ2n) is 7.79. The lowest BCUT2D eigenvalue weighted by atomic mass is 10.0. The summed E-state index contributed by atoms with van der Waals surface area (Å²) in [6, 6.07) is 24.6. The minimum atomic E-state index is -0.486. The number of thioether (sulfide) groups is 1. The maximum atomic E-state index is 13.4. The number of para-hydroxylation sites is 1. The summed E-state index contributed by atoms with van der Waals surface area (Å²) in [5.41, 5.74) is 5.94. The second-order valence-corrected chi connectivity index (χ2v) is 9.31. The first-order valence-electron chi connectivity index (χ1n) is 10.8. The maximum Gasteiger partial charge on any atom is 0.240 e. The van der Waals surface area contributed by atoms with E-state index in [-0.39, 0.29) is 18.6 Å². The van der Waals surface area contributed by atoms with Crippen LogP contribution >= 0.6 is 23.4 Å². The van der Waals surface area contributed by atoms with Crippen molar-refractivity contribution in [1.82, 2.24) is 14.9 Å². The number of carbonyl (C=O) groups excluding carboxylic acids is 1. The summed E-state index contributed by atoms with van der Waals surface area (Å²) in [6.45, 7) is 2.12. The molecule has 1 aliphatic rings. The molecule has 2 N–H and O–H groups in total. The molecular formula is C25H22ClN5O2S.